The van der Waals surface area contributed by atoms with Crippen LogP contribution in [0.4, 0.5) is 0 Å². The Morgan fingerprint density at radius 1 is 0.615 bits per heavy atom. The number of rotatable bonds is 2. The maximum atomic E-state index is 12.4. The Kier molecular flexibility index (Phi) is 7.21. The molecule has 0 atom stereocenters. The van der Waals surface area contributed by atoms with Crippen molar-refractivity contribution in [3.63, 3.8) is 0 Å². The van der Waals surface area contributed by atoms with E-state index in [1.807, 2.05) is 0 Å². The number of nitrogens with zero attached hydrogens (tertiary/aromatic N) is 4. The van der Waals surface area contributed by atoms with E-state index in [-0.39, 0.29) is 72.7 Å². The molecule has 4 aromatic carbocycles. The second-order valence-corrected chi connectivity index (χ2v) is 8.16. The SMILES string of the molecule is COc1cccc2c1[n+](=O)c1cccc(O)c1n2O.COc1cccc2c1[n+](=O)c1cccc(O)c1n2O.[Cu]. The van der Waals surface area contributed by atoms with Gasteiger partial charge in [0, 0.05) is 39.0 Å². The van der Waals surface area contributed by atoms with Crippen LogP contribution in [0, 0.1) is 9.81 Å². The second-order valence-electron chi connectivity index (χ2n) is 8.16. The zero-order chi connectivity index (χ0) is 27.1. The van der Waals surface area contributed by atoms with Crippen LogP contribution >= 0.6 is 0 Å². The molecule has 2 heterocycles. The number of aromatic hydroxyl groups is 2. The van der Waals surface area contributed by atoms with Crippen molar-refractivity contribution >= 4 is 44.1 Å². The largest absolute Gasteiger partial charge is 0.505 e. The summed E-state index contributed by atoms with van der Waals surface area (Å²) in [7, 11) is 2.90. The van der Waals surface area contributed by atoms with E-state index >= 15 is 0 Å². The molecule has 6 rings (SSSR count). The third kappa shape index (κ3) is 4.19. The molecule has 0 amide bonds. The predicted molar refractivity (Wildman–Crippen MR) is 136 cm³/mol. The fourth-order valence-electron chi connectivity index (χ4n) is 4.38. The minimum atomic E-state index is -0.172. The van der Waals surface area contributed by atoms with E-state index in [0.717, 1.165) is 9.46 Å². The first kappa shape index (κ1) is 27.0. The molecule has 1 radical (unpaired) electrons. The van der Waals surface area contributed by atoms with Crippen LogP contribution in [-0.2, 0) is 17.1 Å². The first-order valence-electron chi connectivity index (χ1n) is 11.2. The van der Waals surface area contributed by atoms with Crippen molar-refractivity contribution in [3.05, 3.63) is 82.6 Å². The monoisotopic (exact) mass is 581 g/mol. The molecule has 4 N–H and O–H groups in total. The molecule has 0 aliphatic carbocycles. The molecule has 0 aliphatic rings. The van der Waals surface area contributed by atoms with Crippen molar-refractivity contribution in [2.45, 2.75) is 0 Å². The fraction of sp³-hybridized carbons (Fsp3) is 0.0769. The summed E-state index contributed by atoms with van der Waals surface area (Å²) in [4.78, 5) is 24.7. The Bertz CT molecular complexity index is 1860. The first-order valence-corrected chi connectivity index (χ1v) is 11.2. The number of methoxy groups -OCH3 is 2. The van der Waals surface area contributed by atoms with Crippen molar-refractivity contribution in [2.75, 3.05) is 14.2 Å². The molecule has 13 heteroatoms. The second kappa shape index (κ2) is 10.4. The standard InChI is InChI=1S/2C13H10N2O4.Cu/c2*1-19-11-7-3-5-9-13(11)15(18)8-4-2-6-10(16)12(8)14(9)17;/h2*2-7,17H,1H3;/p+2. The van der Waals surface area contributed by atoms with E-state index < -0.39 is 0 Å². The number of hydrogen-bond acceptors (Lipinski definition) is 8. The smallest absolute Gasteiger partial charge is 0.332 e. The van der Waals surface area contributed by atoms with Crippen molar-refractivity contribution in [1.82, 2.24) is 9.46 Å². The molecule has 12 nitrogen and oxygen atoms in total. The molecule has 0 unspecified atom stereocenters. The molecular formula is C26H22CuN4O8+2. The van der Waals surface area contributed by atoms with Crippen LogP contribution in [0.2, 0.25) is 0 Å². The van der Waals surface area contributed by atoms with Crippen LogP contribution < -0.4 is 18.3 Å². The number of phenolic OH excluding ortho intramolecular Hbond substituents is 2. The van der Waals surface area contributed by atoms with Gasteiger partial charge in [0.2, 0.25) is 0 Å². The van der Waals surface area contributed by atoms with Crippen molar-refractivity contribution in [1.29, 1.82) is 0 Å². The van der Waals surface area contributed by atoms with Gasteiger partial charge in [0.25, 0.3) is 11.0 Å². The van der Waals surface area contributed by atoms with E-state index in [9.17, 15) is 30.4 Å². The molecule has 203 valence electrons. The molecule has 0 spiro atoms. The van der Waals surface area contributed by atoms with Gasteiger partial charge in [0.1, 0.15) is 11.5 Å². The van der Waals surface area contributed by atoms with Crippen LogP contribution in [0.25, 0.3) is 44.1 Å². The molecule has 0 aliphatic heterocycles. The third-order valence-electron chi connectivity index (χ3n) is 6.11. The van der Waals surface area contributed by atoms with Gasteiger partial charge in [-0.1, -0.05) is 24.3 Å². The number of phenols is 2. The summed E-state index contributed by atoms with van der Waals surface area (Å²) in [6.07, 6.45) is 0. The first-order chi connectivity index (χ1) is 18.3. The van der Waals surface area contributed by atoms with Gasteiger partial charge in [0.05, 0.1) is 23.1 Å². The average Bonchev–Trinajstić information content (AvgIpc) is 2.93. The fourth-order valence-corrected chi connectivity index (χ4v) is 4.38. The van der Waals surface area contributed by atoms with Crippen molar-refractivity contribution in [2.24, 2.45) is 0 Å². The number of hydrogen-bond donors (Lipinski definition) is 4. The Balaban J connectivity index is 0.000000176. The van der Waals surface area contributed by atoms with Crippen molar-refractivity contribution in [3.8, 4) is 23.0 Å². The minimum absolute atomic E-state index is 0. The Morgan fingerprint density at radius 3 is 1.33 bits per heavy atom. The normalized spacial score (nSPS) is 10.7. The Labute approximate surface area is 229 Å². The summed E-state index contributed by atoms with van der Waals surface area (Å²) in [5.74, 6) is 0.352. The zero-order valence-electron chi connectivity index (χ0n) is 20.4. The van der Waals surface area contributed by atoms with Gasteiger partial charge in [-0.15, -0.1) is 0 Å². The number of para-hydroxylation sites is 4. The van der Waals surface area contributed by atoms with E-state index in [2.05, 4.69) is 0 Å². The molecular weight excluding hydrogens is 560 g/mol. The molecule has 0 bridgehead atoms. The van der Waals surface area contributed by atoms with Gasteiger partial charge in [0.15, 0.2) is 33.6 Å². The van der Waals surface area contributed by atoms with Gasteiger partial charge in [-0.25, -0.2) is 0 Å². The van der Waals surface area contributed by atoms with Crippen LogP contribution in [-0.4, -0.2) is 44.3 Å². The summed E-state index contributed by atoms with van der Waals surface area (Å²) in [6.45, 7) is 0. The molecule has 0 saturated heterocycles. The molecule has 6 aromatic rings. The summed E-state index contributed by atoms with van der Waals surface area (Å²) in [5.41, 5.74) is 1.32. The van der Waals surface area contributed by atoms with Crippen LogP contribution in [0.15, 0.2) is 72.8 Å². The molecule has 0 saturated carbocycles. The van der Waals surface area contributed by atoms with E-state index in [0.29, 0.717) is 20.4 Å². The Hall–Kier alpha value is -5.00. The third-order valence-corrected chi connectivity index (χ3v) is 6.11. The number of benzene rings is 4. The van der Waals surface area contributed by atoms with E-state index in [1.165, 1.54) is 50.6 Å². The maximum absolute atomic E-state index is 12.4. The number of aromatic nitrogens is 4. The molecule has 0 fully saturated rings. The van der Waals surface area contributed by atoms with Gasteiger partial charge in [-0.05, 0) is 36.4 Å². The van der Waals surface area contributed by atoms with Crippen LogP contribution in [0.1, 0.15) is 0 Å². The summed E-state index contributed by atoms with van der Waals surface area (Å²) >= 11 is 0. The van der Waals surface area contributed by atoms with E-state index in [4.69, 9.17) is 9.47 Å². The van der Waals surface area contributed by atoms with Crippen molar-refractivity contribution < 1.29 is 56.0 Å². The van der Waals surface area contributed by atoms with Gasteiger partial charge in [-0.2, -0.15) is 9.46 Å². The minimum Gasteiger partial charge on any atom is -0.505 e. The van der Waals surface area contributed by atoms with Gasteiger partial charge in [-0.3, -0.25) is 0 Å². The van der Waals surface area contributed by atoms with Gasteiger partial charge < -0.3 is 30.1 Å². The topological polar surface area (TPSA) is 155 Å². The number of fused-ring (bicyclic) bond motifs is 4. The summed E-state index contributed by atoms with van der Waals surface area (Å²) in [5, 5.41) is 40.0. The average molecular weight is 582 g/mol. The zero-order valence-corrected chi connectivity index (χ0v) is 21.4. The predicted octanol–water partition coefficient (Wildman–Crippen LogP) is 3.32. The molecule has 2 aromatic heterocycles. The maximum Gasteiger partial charge on any atom is 0.332 e. The van der Waals surface area contributed by atoms with Crippen LogP contribution in [0.3, 0.4) is 0 Å². The summed E-state index contributed by atoms with van der Waals surface area (Å²) < 4.78 is 13.1. The van der Waals surface area contributed by atoms with Crippen LogP contribution in [0.5, 0.6) is 23.0 Å². The molecule has 39 heavy (non-hydrogen) atoms. The van der Waals surface area contributed by atoms with Gasteiger partial charge >= 0.3 is 11.0 Å². The quantitative estimate of drug-likeness (QED) is 0.105. The summed E-state index contributed by atoms with van der Waals surface area (Å²) in [6, 6.07) is 18.6. The number of ether oxygens (including phenoxy) is 2. The Morgan fingerprint density at radius 2 is 0.974 bits per heavy atom. The van der Waals surface area contributed by atoms with E-state index in [1.54, 1.807) is 36.4 Å².